The van der Waals surface area contributed by atoms with Crippen LogP contribution >= 0.6 is 0 Å². The van der Waals surface area contributed by atoms with E-state index in [0.29, 0.717) is 12.8 Å². The van der Waals surface area contributed by atoms with Gasteiger partial charge in [-0.05, 0) is 37.2 Å². The van der Waals surface area contributed by atoms with Crippen LogP contribution in [0, 0.1) is 22.7 Å². The standard InChI is InChI=1S/C28H38O9/c1-8-10-22(32)36-23-16(4)27(7,12-11-15(3)9-2)21-14-19(31)13-20-25(34-17(5)29)37-26(35-18(6)30)28(20,21)24(23)33/h9,11,13,16,21,23-26,33H,2,8,10,12,14H2,1,3-7H3/b15-11-/t16-,21+,23-,24+,25+,26-,27+,28-/m1/s1. The normalized spacial score (nSPS) is 37.1. The molecule has 1 N–H and O–H groups in total. The number of aliphatic hydroxyl groups excluding tert-OH is 1. The number of carbonyl (C=O) groups is 4. The summed E-state index contributed by atoms with van der Waals surface area (Å²) in [7, 11) is 0. The third-order valence-corrected chi connectivity index (χ3v) is 8.27. The van der Waals surface area contributed by atoms with Crippen molar-refractivity contribution in [3.05, 3.63) is 36.0 Å². The molecule has 3 rings (SSSR count). The highest BCUT2D eigenvalue weighted by atomic mass is 16.8. The monoisotopic (exact) mass is 518 g/mol. The Morgan fingerprint density at radius 1 is 1.19 bits per heavy atom. The number of carbonyl (C=O) groups excluding carboxylic acids is 4. The van der Waals surface area contributed by atoms with Gasteiger partial charge in [-0.1, -0.05) is 45.1 Å². The minimum atomic E-state index is -1.49. The van der Waals surface area contributed by atoms with Crippen molar-refractivity contribution in [1.82, 2.24) is 0 Å². The number of allylic oxidation sites excluding steroid dienone is 4. The highest BCUT2D eigenvalue weighted by molar-refractivity contribution is 5.92. The number of aliphatic hydroxyl groups is 1. The van der Waals surface area contributed by atoms with Gasteiger partial charge in [-0.15, -0.1) is 0 Å². The first-order valence-corrected chi connectivity index (χ1v) is 12.7. The van der Waals surface area contributed by atoms with E-state index in [2.05, 4.69) is 6.58 Å². The topological polar surface area (TPSA) is 125 Å². The molecule has 0 unspecified atom stereocenters. The third-order valence-electron chi connectivity index (χ3n) is 8.27. The van der Waals surface area contributed by atoms with Crippen molar-refractivity contribution in [2.45, 2.75) is 92.0 Å². The Morgan fingerprint density at radius 2 is 1.84 bits per heavy atom. The second-order valence-corrected chi connectivity index (χ2v) is 10.6. The van der Waals surface area contributed by atoms with Gasteiger partial charge in [0, 0.05) is 38.2 Å². The minimum Gasteiger partial charge on any atom is -0.459 e. The van der Waals surface area contributed by atoms with Crippen molar-refractivity contribution in [1.29, 1.82) is 0 Å². The van der Waals surface area contributed by atoms with Gasteiger partial charge in [0.2, 0.25) is 12.6 Å². The quantitative estimate of drug-likeness (QED) is 0.292. The molecule has 0 amide bonds. The van der Waals surface area contributed by atoms with Crippen LogP contribution in [0.2, 0.25) is 0 Å². The summed E-state index contributed by atoms with van der Waals surface area (Å²) < 4.78 is 22.8. The zero-order valence-electron chi connectivity index (χ0n) is 22.4. The van der Waals surface area contributed by atoms with E-state index >= 15 is 0 Å². The summed E-state index contributed by atoms with van der Waals surface area (Å²) in [5.74, 6) is -3.03. The van der Waals surface area contributed by atoms with Gasteiger partial charge in [0.05, 0.1) is 5.41 Å². The van der Waals surface area contributed by atoms with Gasteiger partial charge in [-0.25, -0.2) is 0 Å². The van der Waals surface area contributed by atoms with Crippen LogP contribution in [0.5, 0.6) is 0 Å². The van der Waals surface area contributed by atoms with Crippen LogP contribution in [-0.2, 0) is 38.1 Å². The number of rotatable bonds is 8. The van der Waals surface area contributed by atoms with E-state index in [9.17, 15) is 24.3 Å². The van der Waals surface area contributed by atoms with Crippen LogP contribution in [-0.4, -0.2) is 53.6 Å². The van der Waals surface area contributed by atoms with Crippen molar-refractivity contribution < 1.29 is 43.2 Å². The SMILES string of the molecule is C=C/C(C)=C\C[C@@]1(C)[C@H](C)[C@@H](OC(=O)CCC)[C@H](O)[C@@]23C(=CC(=O)C[C@@H]12)[C@@H](OC(C)=O)O[C@H]3OC(C)=O. The summed E-state index contributed by atoms with van der Waals surface area (Å²) in [6.45, 7) is 13.8. The molecule has 9 heteroatoms. The molecule has 0 aromatic heterocycles. The number of hydrogen-bond acceptors (Lipinski definition) is 9. The Bertz CT molecular complexity index is 1030. The maximum Gasteiger partial charge on any atom is 0.306 e. The lowest BCUT2D eigenvalue weighted by molar-refractivity contribution is -0.272. The van der Waals surface area contributed by atoms with Gasteiger partial charge in [-0.3, -0.25) is 23.9 Å². The second-order valence-electron chi connectivity index (χ2n) is 10.6. The summed E-state index contributed by atoms with van der Waals surface area (Å²) in [6.07, 6.45) is 1.10. The van der Waals surface area contributed by atoms with Crippen LogP contribution < -0.4 is 0 Å². The molecule has 0 radical (unpaired) electrons. The molecule has 1 spiro atoms. The van der Waals surface area contributed by atoms with E-state index in [0.717, 1.165) is 5.57 Å². The predicted molar refractivity (Wildman–Crippen MR) is 132 cm³/mol. The third kappa shape index (κ3) is 5.03. The highest BCUT2D eigenvalue weighted by Gasteiger charge is 2.74. The van der Waals surface area contributed by atoms with Gasteiger partial charge in [0.15, 0.2) is 5.78 Å². The molecular formula is C28H38O9. The van der Waals surface area contributed by atoms with Crippen molar-refractivity contribution in [2.24, 2.45) is 22.7 Å². The summed E-state index contributed by atoms with van der Waals surface area (Å²) in [6, 6.07) is 0. The summed E-state index contributed by atoms with van der Waals surface area (Å²) >= 11 is 0. The summed E-state index contributed by atoms with van der Waals surface area (Å²) in [4.78, 5) is 49.9. The van der Waals surface area contributed by atoms with E-state index in [1.807, 2.05) is 33.8 Å². The van der Waals surface area contributed by atoms with Gasteiger partial charge < -0.3 is 19.3 Å². The fraction of sp³-hybridized carbons (Fsp3) is 0.643. The molecule has 0 bridgehead atoms. The van der Waals surface area contributed by atoms with E-state index in [4.69, 9.17) is 18.9 Å². The van der Waals surface area contributed by atoms with Crippen molar-refractivity contribution >= 4 is 23.7 Å². The molecule has 37 heavy (non-hydrogen) atoms. The van der Waals surface area contributed by atoms with E-state index < -0.39 is 65.4 Å². The molecule has 2 fully saturated rings. The largest absolute Gasteiger partial charge is 0.459 e. The molecular weight excluding hydrogens is 480 g/mol. The number of hydrogen-bond donors (Lipinski definition) is 1. The average molecular weight is 519 g/mol. The van der Waals surface area contributed by atoms with Crippen LogP contribution in [0.25, 0.3) is 0 Å². The molecule has 2 aliphatic carbocycles. The lowest BCUT2D eigenvalue weighted by Crippen LogP contribution is -2.68. The average Bonchev–Trinajstić information content (AvgIpc) is 3.10. The molecule has 1 aliphatic heterocycles. The lowest BCUT2D eigenvalue weighted by atomic mass is 9.44. The van der Waals surface area contributed by atoms with Crippen molar-refractivity contribution in [3.8, 4) is 0 Å². The molecule has 1 saturated heterocycles. The van der Waals surface area contributed by atoms with Crippen LogP contribution in [0.3, 0.4) is 0 Å². The number of ketones is 1. The fourth-order valence-corrected chi connectivity index (χ4v) is 6.22. The van der Waals surface area contributed by atoms with Crippen molar-refractivity contribution in [3.63, 3.8) is 0 Å². The van der Waals surface area contributed by atoms with Gasteiger partial charge in [-0.2, -0.15) is 0 Å². The minimum absolute atomic E-state index is 0.0337. The lowest BCUT2D eigenvalue weighted by Gasteiger charge is -2.61. The molecule has 8 atom stereocenters. The van der Waals surface area contributed by atoms with Gasteiger partial charge in [0.25, 0.3) is 0 Å². The molecule has 1 saturated carbocycles. The Labute approximate surface area is 217 Å². The van der Waals surface area contributed by atoms with E-state index in [1.54, 1.807) is 6.08 Å². The first-order valence-electron chi connectivity index (χ1n) is 12.7. The Balaban J connectivity index is 2.28. The maximum absolute atomic E-state index is 13.1. The zero-order chi connectivity index (χ0) is 27.7. The highest BCUT2D eigenvalue weighted by Crippen LogP contribution is 2.67. The van der Waals surface area contributed by atoms with E-state index in [1.165, 1.54) is 19.9 Å². The Morgan fingerprint density at radius 3 is 2.41 bits per heavy atom. The van der Waals surface area contributed by atoms with Crippen LogP contribution in [0.15, 0.2) is 36.0 Å². The first-order chi connectivity index (χ1) is 17.3. The molecule has 204 valence electrons. The van der Waals surface area contributed by atoms with Crippen molar-refractivity contribution in [2.75, 3.05) is 0 Å². The molecule has 9 nitrogen and oxygen atoms in total. The molecule has 3 aliphatic rings. The van der Waals surface area contributed by atoms with Gasteiger partial charge >= 0.3 is 17.9 Å². The summed E-state index contributed by atoms with van der Waals surface area (Å²) in [5, 5.41) is 12.0. The zero-order valence-corrected chi connectivity index (χ0v) is 22.4. The fourth-order valence-electron chi connectivity index (χ4n) is 6.22. The Hall–Kier alpha value is -2.78. The molecule has 0 aromatic carbocycles. The molecule has 1 heterocycles. The predicted octanol–water partition coefficient (Wildman–Crippen LogP) is 3.55. The second kappa shape index (κ2) is 10.9. The summed E-state index contributed by atoms with van der Waals surface area (Å²) in [5.41, 5.74) is -1.10. The Kier molecular flexibility index (Phi) is 8.49. The maximum atomic E-state index is 13.1. The van der Waals surface area contributed by atoms with E-state index in [-0.39, 0.29) is 24.2 Å². The number of esters is 3. The number of ether oxygens (including phenoxy) is 4. The first kappa shape index (κ1) is 28.8. The van der Waals surface area contributed by atoms with Crippen LogP contribution in [0.1, 0.15) is 67.2 Å². The van der Waals surface area contributed by atoms with Gasteiger partial charge in [0.1, 0.15) is 12.2 Å². The molecule has 0 aromatic rings. The smallest absolute Gasteiger partial charge is 0.306 e. The van der Waals surface area contributed by atoms with Crippen LogP contribution in [0.4, 0.5) is 0 Å².